The van der Waals surface area contributed by atoms with Crippen molar-refractivity contribution >= 4 is 0 Å². The molecule has 0 amide bonds. The molecule has 1 aliphatic rings. The smallest absolute Gasteiger partial charge is 0.122 e. The Morgan fingerprint density at radius 3 is 2.65 bits per heavy atom. The van der Waals surface area contributed by atoms with Crippen LogP contribution in [0, 0.1) is 5.92 Å². The SMILES string of the molecule is CC1CCC(N(C)Cc2ccoc2CNC(C)C)CC1. The van der Waals surface area contributed by atoms with Gasteiger partial charge in [-0.25, -0.2) is 0 Å². The van der Waals surface area contributed by atoms with Crippen LogP contribution in [-0.4, -0.2) is 24.0 Å². The molecule has 1 aliphatic carbocycles. The fourth-order valence-corrected chi connectivity index (χ4v) is 3.04. The lowest BCUT2D eigenvalue weighted by atomic mass is 9.86. The van der Waals surface area contributed by atoms with Crippen LogP contribution >= 0.6 is 0 Å². The highest BCUT2D eigenvalue weighted by atomic mass is 16.3. The maximum absolute atomic E-state index is 5.63. The predicted molar refractivity (Wildman–Crippen MR) is 83.6 cm³/mol. The van der Waals surface area contributed by atoms with E-state index < -0.39 is 0 Å². The Bertz CT molecular complexity index is 391. The van der Waals surface area contributed by atoms with Crippen molar-refractivity contribution in [3.05, 3.63) is 23.7 Å². The second kappa shape index (κ2) is 7.28. The summed E-state index contributed by atoms with van der Waals surface area (Å²) in [5.74, 6) is 2.01. The molecule has 2 rings (SSSR count). The molecule has 3 heteroatoms. The zero-order valence-electron chi connectivity index (χ0n) is 13.5. The third-order valence-electron chi connectivity index (χ3n) is 4.54. The molecule has 0 spiro atoms. The van der Waals surface area contributed by atoms with E-state index in [1.807, 2.05) is 6.26 Å². The van der Waals surface area contributed by atoms with Crippen molar-refractivity contribution in [3.63, 3.8) is 0 Å². The molecule has 114 valence electrons. The van der Waals surface area contributed by atoms with Crippen LogP contribution in [-0.2, 0) is 13.1 Å². The van der Waals surface area contributed by atoms with Crippen molar-refractivity contribution in [1.82, 2.24) is 10.2 Å². The summed E-state index contributed by atoms with van der Waals surface area (Å²) in [6, 6.07) is 3.36. The van der Waals surface area contributed by atoms with Crippen LogP contribution in [0.1, 0.15) is 57.8 Å². The molecule has 0 radical (unpaired) electrons. The van der Waals surface area contributed by atoms with Gasteiger partial charge in [-0.15, -0.1) is 0 Å². The molecular weight excluding hydrogens is 248 g/mol. The summed E-state index contributed by atoms with van der Waals surface area (Å²) in [6.45, 7) is 8.54. The van der Waals surface area contributed by atoms with Gasteiger partial charge in [0.25, 0.3) is 0 Å². The number of rotatable bonds is 6. The van der Waals surface area contributed by atoms with E-state index in [0.29, 0.717) is 6.04 Å². The van der Waals surface area contributed by atoms with Crippen molar-refractivity contribution in [2.24, 2.45) is 5.92 Å². The normalized spacial score (nSPS) is 23.7. The number of nitrogens with zero attached hydrogens (tertiary/aromatic N) is 1. The van der Waals surface area contributed by atoms with Crippen LogP contribution in [0.4, 0.5) is 0 Å². The largest absolute Gasteiger partial charge is 0.468 e. The molecule has 1 aromatic rings. The lowest BCUT2D eigenvalue weighted by Gasteiger charge is -2.33. The van der Waals surface area contributed by atoms with E-state index in [9.17, 15) is 0 Å². The van der Waals surface area contributed by atoms with Crippen LogP contribution in [0.3, 0.4) is 0 Å². The molecule has 1 heterocycles. The minimum Gasteiger partial charge on any atom is -0.468 e. The summed E-state index contributed by atoms with van der Waals surface area (Å²) in [6.07, 6.45) is 7.26. The zero-order valence-corrected chi connectivity index (χ0v) is 13.5. The van der Waals surface area contributed by atoms with Gasteiger partial charge in [0.15, 0.2) is 0 Å². The molecule has 0 aromatic carbocycles. The van der Waals surface area contributed by atoms with E-state index >= 15 is 0 Å². The summed E-state index contributed by atoms with van der Waals surface area (Å²) in [5, 5.41) is 3.43. The van der Waals surface area contributed by atoms with Gasteiger partial charge in [-0.05, 0) is 44.7 Å². The van der Waals surface area contributed by atoms with Crippen molar-refractivity contribution in [2.75, 3.05) is 7.05 Å². The van der Waals surface area contributed by atoms with Gasteiger partial charge in [0.1, 0.15) is 5.76 Å². The predicted octanol–water partition coefficient (Wildman–Crippen LogP) is 3.79. The molecular formula is C17H30N2O. The molecule has 0 unspecified atom stereocenters. The van der Waals surface area contributed by atoms with Gasteiger partial charge in [-0.1, -0.05) is 20.8 Å². The van der Waals surface area contributed by atoms with Crippen molar-refractivity contribution in [3.8, 4) is 0 Å². The van der Waals surface area contributed by atoms with Crippen LogP contribution in [0.25, 0.3) is 0 Å². The summed E-state index contributed by atoms with van der Waals surface area (Å²) < 4.78 is 5.63. The lowest BCUT2D eigenvalue weighted by molar-refractivity contribution is 0.163. The van der Waals surface area contributed by atoms with E-state index in [1.165, 1.54) is 31.2 Å². The van der Waals surface area contributed by atoms with E-state index in [2.05, 4.69) is 44.1 Å². The number of furan rings is 1. The first kappa shape index (κ1) is 15.6. The molecule has 1 N–H and O–H groups in total. The first-order chi connectivity index (χ1) is 9.56. The molecule has 0 atom stereocenters. The number of nitrogens with one attached hydrogen (secondary N) is 1. The molecule has 0 aliphatic heterocycles. The first-order valence-electron chi connectivity index (χ1n) is 8.05. The lowest BCUT2D eigenvalue weighted by Crippen LogP contribution is -2.34. The molecule has 1 fully saturated rings. The monoisotopic (exact) mass is 278 g/mol. The average Bonchev–Trinajstić information content (AvgIpc) is 2.84. The molecule has 0 bridgehead atoms. The van der Waals surface area contributed by atoms with Gasteiger partial charge in [0, 0.05) is 24.2 Å². The van der Waals surface area contributed by atoms with Gasteiger partial charge in [-0.3, -0.25) is 4.90 Å². The topological polar surface area (TPSA) is 28.4 Å². The van der Waals surface area contributed by atoms with E-state index in [0.717, 1.165) is 30.8 Å². The minimum atomic E-state index is 0.491. The van der Waals surface area contributed by atoms with Gasteiger partial charge < -0.3 is 9.73 Å². The highest BCUT2D eigenvalue weighted by molar-refractivity contribution is 5.17. The van der Waals surface area contributed by atoms with Crippen LogP contribution < -0.4 is 5.32 Å². The van der Waals surface area contributed by atoms with Crippen molar-refractivity contribution in [1.29, 1.82) is 0 Å². The van der Waals surface area contributed by atoms with Crippen molar-refractivity contribution in [2.45, 2.75) is 71.6 Å². The van der Waals surface area contributed by atoms with E-state index in [4.69, 9.17) is 4.42 Å². The Balaban J connectivity index is 1.87. The average molecular weight is 278 g/mol. The zero-order chi connectivity index (χ0) is 14.5. The Morgan fingerprint density at radius 1 is 1.30 bits per heavy atom. The third kappa shape index (κ3) is 4.35. The van der Waals surface area contributed by atoms with Gasteiger partial charge in [0.2, 0.25) is 0 Å². The Kier molecular flexibility index (Phi) is 5.67. The standard InChI is InChI=1S/C17H30N2O/c1-13(2)18-11-17-15(9-10-20-17)12-19(4)16-7-5-14(3)6-8-16/h9-10,13-14,16,18H,5-8,11-12H2,1-4H3. The quantitative estimate of drug-likeness (QED) is 0.858. The molecule has 1 aromatic heterocycles. The van der Waals surface area contributed by atoms with E-state index in [-0.39, 0.29) is 0 Å². The van der Waals surface area contributed by atoms with Gasteiger partial charge >= 0.3 is 0 Å². The fourth-order valence-electron chi connectivity index (χ4n) is 3.04. The Labute approximate surface area is 123 Å². The first-order valence-corrected chi connectivity index (χ1v) is 8.05. The minimum absolute atomic E-state index is 0.491. The maximum Gasteiger partial charge on any atom is 0.122 e. The fraction of sp³-hybridized carbons (Fsp3) is 0.765. The van der Waals surface area contributed by atoms with Gasteiger partial charge in [0.05, 0.1) is 12.8 Å². The Hall–Kier alpha value is -0.800. The number of hydrogen-bond donors (Lipinski definition) is 1. The maximum atomic E-state index is 5.63. The van der Waals surface area contributed by atoms with Crippen LogP contribution in [0.2, 0.25) is 0 Å². The van der Waals surface area contributed by atoms with Crippen LogP contribution in [0.5, 0.6) is 0 Å². The molecule has 1 saturated carbocycles. The second-order valence-corrected chi connectivity index (χ2v) is 6.73. The van der Waals surface area contributed by atoms with E-state index in [1.54, 1.807) is 0 Å². The Morgan fingerprint density at radius 2 is 2.00 bits per heavy atom. The summed E-state index contributed by atoms with van der Waals surface area (Å²) in [7, 11) is 2.26. The molecule has 20 heavy (non-hydrogen) atoms. The second-order valence-electron chi connectivity index (χ2n) is 6.73. The highest BCUT2D eigenvalue weighted by Gasteiger charge is 2.22. The van der Waals surface area contributed by atoms with Gasteiger partial charge in [-0.2, -0.15) is 0 Å². The third-order valence-corrected chi connectivity index (χ3v) is 4.54. The summed E-state index contributed by atoms with van der Waals surface area (Å²) in [5.41, 5.74) is 1.33. The number of hydrogen-bond acceptors (Lipinski definition) is 3. The van der Waals surface area contributed by atoms with Crippen molar-refractivity contribution < 1.29 is 4.42 Å². The molecule has 3 nitrogen and oxygen atoms in total. The summed E-state index contributed by atoms with van der Waals surface area (Å²) in [4.78, 5) is 2.51. The molecule has 0 saturated heterocycles. The van der Waals surface area contributed by atoms with Crippen LogP contribution in [0.15, 0.2) is 16.7 Å². The summed E-state index contributed by atoms with van der Waals surface area (Å²) >= 11 is 0. The highest BCUT2D eigenvalue weighted by Crippen LogP contribution is 2.27.